The fraction of sp³-hybridized carbons (Fsp3) is 0.0702. The van der Waals surface area contributed by atoms with Gasteiger partial charge in [0.1, 0.15) is 0 Å². The molecular weight excluding hydrogens is 699 g/mol. The summed E-state index contributed by atoms with van der Waals surface area (Å²) < 4.78 is 0. The molecule has 1 aromatic heterocycles. The number of hydrogen-bond acceptors (Lipinski definition) is 1. The number of aromatic nitrogens is 1. The Morgan fingerprint density at radius 2 is 0.741 bits per heavy atom. The van der Waals surface area contributed by atoms with E-state index in [1.165, 1.54) is 72.3 Å². The number of nitrogens with zero attached hydrogens (tertiary/aromatic N) is 1. The molecular formula is C57H41N. The van der Waals surface area contributed by atoms with E-state index in [0.29, 0.717) is 0 Å². The fourth-order valence-corrected chi connectivity index (χ4v) is 10.1. The van der Waals surface area contributed by atoms with E-state index >= 15 is 0 Å². The van der Waals surface area contributed by atoms with Crippen LogP contribution in [0, 0.1) is 0 Å². The SMILES string of the molecule is CC1(C)c2ccccc2C2(c3ccc(-c4ccc(-c5ccccc5)cc4)cc3-c3c(-c4cc(-c5ccccc5)cc(-c5ccccc5)n4)cccc32)c2ccccc21. The molecule has 58 heavy (non-hydrogen) atoms. The van der Waals surface area contributed by atoms with E-state index in [4.69, 9.17) is 4.98 Å². The van der Waals surface area contributed by atoms with Gasteiger partial charge in [0.15, 0.2) is 0 Å². The lowest BCUT2D eigenvalue weighted by atomic mass is 9.55. The van der Waals surface area contributed by atoms with Crippen LogP contribution in [0.1, 0.15) is 47.2 Å². The largest absolute Gasteiger partial charge is 0.248 e. The Hall–Kier alpha value is -7.09. The highest BCUT2D eigenvalue weighted by Crippen LogP contribution is 2.63. The average Bonchev–Trinajstić information content (AvgIpc) is 3.59. The fourth-order valence-electron chi connectivity index (χ4n) is 10.1. The molecule has 274 valence electrons. The Labute approximate surface area is 341 Å². The quantitative estimate of drug-likeness (QED) is 0.171. The molecule has 2 aliphatic rings. The standard InChI is InChI=1S/C57H41N/c1-56(2)48-24-12-14-26-50(48)57(51-27-15-13-25-49(51)56)47-34-33-43(41-31-29-40(30-32-41)38-17-6-3-7-18-38)35-46(47)55-45(23-16-28-52(55)57)54-37-44(39-19-8-4-9-20-39)36-53(58-54)42-21-10-5-11-22-42/h3-37H,1-2H3. The van der Waals surface area contributed by atoms with Crippen LogP contribution in [0.2, 0.25) is 0 Å². The lowest BCUT2D eigenvalue weighted by molar-refractivity contribution is 0.563. The van der Waals surface area contributed by atoms with Gasteiger partial charge in [-0.05, 0) is 96.1 Å². The third-order valence-corrected chi connectivity index (χ3v) is 12.8. The molecule has 9 aromatic rings. The van der Waals surface area contributed by atoms with Crippen molar-refractivity contribution < 1.29 is 0 Å². The summed E-state index contributed by atoms with van der Waals surface area (Å²) in [5.41, 5.74) is 21.2. The first-order valence-corrected chi connectivity index (χ1v) is 20.3. The minimum absolute atomic E-state index is 0.171. The molecule has 1 spiro atoms. The van der Waals surface area contributed by atoms with Crippen molar-refractivity contribution in [1.82, 2.24) is 4.98 Å². The van der Waals surface area contributed by atoms with Gasteiger partial charge < -0.3 is 0 Å². The molecule has 0 atom stereocenters. The summed E-state index contributed by atoms with van der Waals surface area (Å²) >= 11 is 0. The van der Waals surface area contributed by atoms with Crippen LogP contribution in [0.4, 0.5) is 0 Å². The summed E-state index contributed by atoms with van der Waals surface area (Å²) in [5, 5.41) is 0. The lowest BCUT2D eigenvalue weighted by Gasteiger charge is -2.46. The molecule has 0 N–H and O–H groups in total. The van der Waals surface area contributed by atoms with E-state index in [1.807, 2.05) is 0 Å². The Balaban J connectivity index is 1.21. The third kappa shape index (κ3) is 5.13. The maximum atomic E-state index is 5.51. The van der Waals surface area contributed by atoms with Crippen molar-refractivity contribution in [2.75, 3.05) is 0 Å². The molecule has 0 unspecified atom stereocenters. The van der Waals surface area contributed by atoms with Crippen LogP contribution in [-0.2, 0) is 10.8 Å². The molecule has 0 fully saturated rings. The van der Waals surface area contributed by atoms with E-state index in [-0.39, 0.29) is 5.41 Å². The van der Waals surface area contributed by atoms with Crippen molar-refractivity contribution in [3.63, 3.8) is 0 Å². The normalized spacial score (nSPS) is 14.0. The zero-order valence-electron chi connectivity index (χ0n) is 32.7. The summed E-state index contributed by atoms with van der Waals surface area (Å²) in [6, 6.07) is 78.0. The van der Waals surface area contributed by atoms with Crippen molar-refractivity contribution in [3.05, 3.63) is 246 Å². The molecule has 0 saturated heterocycles. The van der Waals surface area contributed by atoms with Gasteiger partial charge in [0.05, 0.1) is 16.8 Å². The smallest absolute Gasteiger partial charge is 0.0722 e. The van der Waals surface area contributed by atoms with E-state index in [2.05, 4.69) is 226 Å². The van der Waals surface area contributed by atoms with Crippen LogP contribution < -0.4 is 0 Å². The summed E-state index contributed by atoms with van der Waals surface area (Å²) in [6.45, 7) is 4.77. The van der Waals surface area contributed by atoms with Crippen LogP contribution in [0.5, 0.6) is 0 Å². The van der Waals surface area contributed by atoms with Gasteiger partial charge >= 0.3 is 0 Å². The zero-order chi connectivity index (χ0) is 38.8. The first-order chi connectivity index (χ1) is 28.5. The van der Waals surface area contributed by atoms with Crippen molar-refractivity contribution in [2.24, 2.45) is 0 Å². The van der Waals surface area contributed by atoms with Crippen molar-refractivity contribution in [3.8, 4) is 67.0 Å². The van der Waals surface area contributed by atoms with E-state index in [0.717, 1.165) is 28.1 Å². The van der Waals surface area contributed by atoms with Gasteiger partial charge in [-0.3, -0.25) is 0 Å². The molecule has 1 heterocycles. The van der Waals surface area contributed by atoms with Crippen LogP contribution in [0.25, 0.3) is 67.0 Å². The number of pyridine rings is 1. The van der Waals surface area contributed by atoms with Crippen molar-refractivity contribution >= 4 is 0 Å². The van der Waals surface area contributed by atoms with Crippen LogP contribution in [-0.4, -0.2) is 4.98 Å². The minimum atomic E-state index is -0.515. The summed E-state index contributed by atoms with van der Waals surface area (Å²) in [5.74, 6) is 0. The first-order valence-electron chi connectivity index (χ1n) is 20.3. The van der Waals surface area contributed by atoms with E-state index in [1.54, 1.807) is 0 Å². The lowest BCUT2D eigenvalue weighted by Crippen LogP contribution is -2.40. The van der Waals surface area contributed by atoms with Gasteiger partial charge in [-0.1, -0.05) is 208 Å². The Morgan fingerprint density at radius 1 is 0.293 bits per heavy atom. The van der Waals surface area contributed by atoms with Gasteiger partial charge in [-0.15, -0.1) is 0 Å². The highest BCUT2D eigenvalue weighted by atomic mass is 14.7. The molecule has 1 nitrogen and oxygen atoms in total. The Kier molecular flexibility index (Phi) is 7.81. The molecule has 0 aliphatic heterocycles. The summed E-state index contributed by atoms with van der Waals surface area (Å²) in [4.78, 5) is 5.51. The second-order valence-electron chi connectivity index (χ2n) is 16.3. The maximum absolute atomic E-state index is 5.51. The predicted octanol–water partition coefficient (Wildman–Crippen LogP) is 14.4. The zero-order valence-corrected chi connectivity index (χ0v) is 32.7. The first kappa shape index (κ1) is 34.2. The number of benzene rings is 8. The molecule has 0 saturated carbocycles. The van der Waals surface area contributed by atoms with Gasteiger partial charge in [-0.25, -0.2) is 4.98 Å². The summed E-state index contributed by atoms with van der Waals surface area (Å²) in [7, 11) is 0. The Bertz CT molecular complexity index is 2890. The average molecular weight is 740 g/mol. The molecule has 0 amide bonds. The monoisotopic (exact) mass is 739 g/mol. The second kappa shape index (κ2) is 13.3. The van der Waals surface area contributed by atoms with Crippen LogP contribution in [0.15, 0.2) is 212 Å². The molecule has 11 rings (SSSR count). The van der Waals surface area contributed by atoms with Gasteiger partial charge in [-0.2, -0.15) is 0 Å². The third-order valence-electron chi connectivity index (χ3n) is 12.8. The van der Waals surface area contributed by atoms with Gasteiger partial charge in [0.25, 0.3) is 0 Å². The number of fused-ring (bicyclic) bond motifs is 9. The second-order valence-corrected chi connectivity index (χ2v) is 16.3. The molecule has 2 aliphatic carbocycles. The van der Waals surface area contributed by atoms with Crippen LogP contribution in [0.3, 0.4) is 0 Å². The highest BCUT2D eigenvalue weighted by Gasteiger charge is 2.53. The Morgan fingerprint density at radius 3 is 1.34 bits per heavy atom. The maximum Gasteiger partial charge on any atom is 0.0722 e. The van der Waals surface area contributed by atoms with Gasteiger partial charge in [0, 0.05) is 16.5 Å². The molecule has 0 bridgehead atoms. The molecule has 8 aromatic carbocycles. The van der Waals surface area contributed by atoms with Gasteiger partial charge in [0.2, 0.25) is 0 Å². The molecule has 0 radical (unpaired) electrons. The topological polar surface area (TPSA) is 12.9 Å². The number of rotatable bonds is 5. The van der Waals surface area contributed by atoms with E-state index in [9.17, 15) is 0 Å². The summed E-state index contributed by atoms with van der Waals surface area (Å²) in [6.07, 6.45) is 0. The van der Waals surface area contributed by atoms with E-state index < -0.39 is 5.41 Å². The van der Waals surface area contributed by atoms with Crippen LogP contribution >= 0.6 is 0 Å². The predicted molar refractivity (Wildman–Crippen MR) is 241 cm³/mol. The number of hydrogen-bond donors (Lipinski definition) is 0. The molecule has 1 heteroatoms. The minimum Gasteiger partial charge on any atom is -0.248 e. The van der Waals surface area contributed by atoms with Crippen molar-refractivity contribution in [1.29, 1.82) is 0 Å². The van der Waals surface area contributed by atoms with Crippen molar-refractivity contribution in [2.45, 2.75) is 24.7 Å². The highest BCUT2D eigenvalue weighted by molar-refractivity contribution is 5.98.